The molecule has 0 spiro atoms. The molecule has 0 radical (unpaired) electrons. The molecule has 0 saturated carbocycles. The summed E-state index contributed by atoms with van der Waals surface area (Å²) in [6.07, 6.45) is 0.981. The van der Waals surface area contributed by atoms with E-state index in [0.717, 1.165) is 6.42 Å². The Morgan fingerprint density at radius 3 is 2.70 bits per heavy atom. The number of piperidine rings is 1. The van der Waals surface area contributed by atoms with Gasteiger partial charge in [0.1, 0.15) is 12.1 Å². The molecule has 0 aliphatic carbocycles. The first-order valence-electron chi connectivity index (χ1n) is 6.26. The number of nitrogens with one attached hydrogen (secondary N) is 3. The third kappa shape index (κ3) is 5.12. The number of primary amides is 1. The average molecular weight is 286 g/mol. The van der Waals surface area contributed by atoms with E-state index in [1.165, 1.54) is 0 Å². The molecule has 0 aromatic rings. The zero-order valence-corrected chi connectivity index (χ0v) is 10.8. The Morgan fingerprint density at radius 1 is 1.45 bits per heavy atom. The Bertz CT molecular complexity index is 412. The van der Waals surface area contributed by atoms with Crippen molar-refractivity contribution in [3.8, 4) is 0 Å². The van der Waals surface area contributed by atoms with Crippen LogP contribution in [0.5, 0.6) is 0 Å². The summed E-state index contributed by atoms with van der Waals surface area (Å²) in [5, 5.41) is 16.1. The summed E-state index contributed by atoms with van der Waals surface area (Å²) in [7, 11) is 0. The lowest BCUT2D eigenvalue weighted by molar-refractivity contribution is -0.139. The van der Waals surface area contributed by atoms with Gasteiger partial charge in [-0.1, -0.05) is 0 Å². The molecule has 2 atom stereocenters. The number of nitrogens with two attached hydrogens (primary N) is 1. The predicted octanol–water partition coefficient (Wildman–Crippen LogP) is -1.72. The van der Waals surface area contributed by atoms with Crippen molar-refractivity contribution in [3.63, 3.8) is 0 Å². The molecule has 112 valence electrons. The molecule has 1 saturated heterocycles. The van der Waals surface area contributed by atoms with E-state index in [1.807, 2.05) is 0 Å². The number of urea groups is 1. The summed E-state index contributed by atoms with van der Waals surface area (Å²) in [6, 6.07) is -2.66. The molecule has 1 unspecified atom stereocenters. The molecular weight excluding hydrogens is 268 g/mol. The number of carboxylic acid groups (broad SMARTS) is 1. The maximum absolute atomic E-state index is 11.6. The lowest BCUT2D eigenvalue weighted by atomic mass is 10.1. The van der Waals surface area contributed by atoms with Crippen molar-refractivity contribution in [2.24, 2.45) is 5.73 Å². The van der Waals surface area contributed by atoms with Gasteiger partial charge in [0.2, 0.25) is 11.8 Å². The molecule has 1 aliphatic heterocycles. The predicted molar refractivity (Wildman–Crippen MR) is 67.6 cm³/mol. The number of carboxylic acids is 1. The van der Waals surface area contributed by atoms with E-state index in [0.29, 0.717) is 13.0 Å². The van der Waals surface area contributed by atoms with Crippen LogP contribution in [0.2, 0.25) is 0 Å². The van der Waals surface area contributed by atoms with Gasteiger partial charge in [0, 0.05) is 13.0 Å². The normalized spacial score (nSPS) is 19.6. The lowest BCUT2D eigenvalue weighted by Gasteiger charge is -2.23. The van der Waals surface area contributed by atoms with Crippen molar-refractivity contribution in [2.75, 3.05) is 6.54 Å². The molecule has 0 aromatic carbocycles. The topological polar surface area (TPSA) is 151 Å². The van der Waals surface area contributed by atoms with Crippen LogP contribution in [0.25, 0.3) is 0 Å². The molecule has 9 nitrogen and oxygen atoms in total. The van der Waals surface area contributed by atoms with Crippen molar-refractivity contribution in [2.45, 2.75) is 37.8 Å². The Morgan fingerprint density at radius 2 is 2.15 bits per heavy atom. The van der Waals surface area contributed by atoms with E-state index in [1.54, 1.807) is 0 Å². The minimum absolute atomic E-state index is 0.102. The smallest absolute Gasteiger partial charge is 0.326 e. The van der Waals surface area contributed by atoms with Crippen molar-refractivity contribution < 1.29 is 24.3 Å². The number of amides is 4. The molecule has 1 heterocycles. The van der Waals surface area contributed by atoms with Crippen LogP contribution in [0.15, 0.2) is 0 Å². The Labute approximate surface area is 115 Å². The molecule has 9 heteroatoms. The first kappa shape index (κ1) is 15.7. The summed E-state index contributed by atoms with van der Waals surface area (Å²) in [5.41, 5.74) is 4.93. The maximum Gasteiger partial charge on any atom is 0.326 e. The Hall–Kier alpha value is -2.32. The van der Waals surface area contributed by atoms with Gasteiger partial charge in [0.05, 0.1) is 0 Å². The van der Waals surface area contributed by atoms with Gasteiger partial charge in [-0.25, -0.2) is 9.59 Å². The summed E-state index contributed by atoms with van der Waals surface area (Å²) in [5.74, 6) is -2.21. The van der Waals surface area contributed by atoms with Crippen molar-refractivity contribution in [3.05, 3.63) is 0 Å². The minimum Gasteiger partial charge on any atom is -0.480 e. The molecule has 4 amide bonds. The maximum atomic E-state index is 11.6. The molecule has 1 rings (SSSR count). The molecule has 1 fully saturated rings. The highest BCUT2D eigenvalue weighted by atomic mass is 16.4. The average Bonchev–Trinajstić information content (AvgIpc) is 2.36. The van der Waals surface area contributed by atoms with Crippen LogP contribution in [-0.4, -0.2) is 47.5 Å². The fraction of sp³-hybridized carbons (Fsp3) is 0.636. The summed E-state index contributed by atoms with van der Waals surface area (Å²) >= 11 is 0. The minimum atomic E-state index is -1.27. The van der Waals surface area contributed by atoms with Gasteiger partial charge < -0.3 is 26.8 Å². The number of hydrogen-bond donors (Lipinski definition) is 5. The largest absolute Gasteiger partial charge is 0.480 e. The number of rotatable bonds is 6. The van der Waals surface area contributed by atoms with Crippen LogP contribution in [0.4, 0.5) is 4.79 Å². The van der Waals surface area contributed by atoms with Crippen molar-refractivity contribution in [1.29, 1.82) is 0 Å². The number of aliphatic carboxylic acids is 1. The van der Waals surface area contributed by atoms with Crippen LogP contribution < -0.4 is 21.7 Å². The fourth-order valence-electron chi connectivity index (χ4n) is 1.81. The third-order valence-corrected chi connectivity index (χ3v) is 2.87. The monoisotopic (exact) mass is 286 g/mol. The van der Waals surface area contributed by atoms with E-state index in [4.69, 9.17) is 10.8 Å². The highest BCUT2D eigenvalue weighted by Gasteiger charge is 2.26. The molecule has 6 N–H and O–H groups in total. The second-order valence-electron chi connectivity index (χ2n) is 4.50. The van der Waals surface area contributed by atoms with Gasteiger partial charge in [-0.3, -0.25) is 9.59 Å². The molecular formula is C11H18N4O5. The van der Waals surface area contributed by atoms with E-state index in [-0.39, 0.29) is 18.7 Å². The van der Waals surface area contributed by atoms with Crippen LogP contribution in [-0.2, 0) is 14.4 Å². The van der Waals surface area contributed by atoms with E-state index in [2.05, 4.69) is 16.0 Å². The highest BCUT2D eigenvalue weighted by Crippen LogP contribution is 2.03. The van der Waals surface area contributed by atoms with Gasteiger partial charge in [-0.15, -0.1) is 0 Å². The second-order valence-corrected chi connectivity index (χ2v) is 4.50. The zero-order valence-electron chi connectivity index (χ0n) is 10.8. The quantitative estimate of drug-likeness (QED) is 0.393. The molecule has 0 aromatic heterocycles. The first-order valence-corrected chi connectivity index (χ1v) is 6.26. The highest BCUT2D eigenvalue weighted by molar-refractivity contribution is 5.89. The SMILES string of the molecule is NC(=O)CC[C@H](NC(=O)NC1CCCNC1=O)C(=O)O. The fourth-order valence-corrected chi connectivity index (χ4v) is 1.81. The van der Waals surface area contributed by atoms with E-state index in [9.17, 15) is 19.2 Å². The second kappa shape index (κ2) is 7.31. The van der Waals surface area contributed by atoms with Gasteiger partial charge in [0.25, 0.3) is 0 Å². The summed E-state index contributed by atoms with van der Waals surface area (Å²) < 4.78 is 0. The third-order valence-electron chi connectivity index (χ3n) is 2.87. The number of carbonyl (C=O) groups is 4. The van der Waals surface area contributed by atoms with Gasteiger partial charge in [0.15, 0.2) is 0 Å². The Balaban J connectivity index is 2.46. The van der Waals surface area contributed by atoms with E-state index < -0.39 is 30.0 Å². The van der Waals surface area contributed by atoms with Crippen molar-refractivity contribution in [1.82, 2.24) is 16.0 Å². The zero-order chi connectivity index (χ0) is 15.1. The molecule has 20 heavy (non-hydrogen) atoms. The Kier molecular flexibility index (Phi) is 5.75. The van der Waals surface area contributed by atoms with Crippen LogP contribution in [0.1, 0.15) is 25.7 Å². The van der Waals surface area contributed by atoms with Gasteiger partial charge >= 0.3 is 12.0 Å². The van der Waals surface area contributed by atoms with Gasteiger partial charge in [-0.2, -0.15) is 0 Å². The van der Waals surface area contributed by atoms with Gasteiger partial charge in [-0.05, 0) is 19.3 Å². The number of hydrogen-bond acceptors (Lipinski definition) is 4. The van der Waals surface area contributed by atoms with Crippen molar-refractivity contribution >= 4 is 23.8 Å². The molecule has 1 aliphatic rings. The number of carbonyl (C=O) groups excluding carboxylic acids is 3. The van der Waals surface area contributed by atoms with E-state index >= 15 is 0 Å². The van der Waals surface area contributed by atoms with Crippen LogP contribution in [0.3, 0.4) is 0 Å². The standard InChI is InChI=1S/C11H18N4O5/c12-8(16)4-3-7(10(18)19)15-11(20)14-6-2-1-5-13-9(6)17/h6-7H,1-5H2,(H2,12,16)(H,13,17)(H,18,19)(H2,14,15,20)/t6?,7-/m0/s1. The first-order chi connectivity index (χ1) is 9.40. The lowest BCUT2D eigenvalue weighted by Crippen LogP contribution is -2.55. The molecule has 0 bridgehead atoms. The van der Waals surface area contributed by atoms with Crippen LogP contribution in [0, 0.1) is 0 Å². The summed E-state index contributed by atoms with van der Waals surface area (Å²) in [4.78, 5) is 44.6. The van der Waals surface area contributed by atoms with Crippen LogP contribution >= 0.6 is 0 Å². The summed E-state index contributed by atoms with van der Waals surface area (Å²) in [6.45, 7) is 0.564.